The molecule has 0 bridgehead atoms. The Kier molecular flexibility index (Phi) is 43.8. The number of thiophene rings is 1. The van der Waals surface area contributed by atoms with Gasteiger partial charge in [-0.2, -0.15) is 5.10 Å². The summed E-state index contributed by atoms with van der Waals surface area (Å²) in [6.45, 7) is 21.8. The zero-order chi connectivity index (χ0) is 79.8. The summed E-state index contributed by atoms with van der Waals surface area (Å²) >= 11 is 7.35. The van der Waals surface area contributed by atoms with Gasteiger partial charge in [-0.25, -0.2) is 11.3 Å². The normalized spacial score (nSPS) is 10.9. The maximum Gasteiger partial charge on any atom is 0.164 e. The standard InChI is InChI=1S/C22H16N.C21H12F2N.C13H8NS.C11H20O2.C10H6ClN2.3C5H8O2.4Ir/c1-16-9-5-6-12-18(16)22-15-20(17-10-3-2-4-11-17)19-13-7-8-14-21(19)23-22;22-15-10-11-17(19(23)12-15)21-13-18(14-6-2-1-3-7-14)16-8-4-5-9-20(16)24-21;1-2-7-12-10(5-1)9-13(15-12)11-6-3-4-8-14-11;1-10(2,3)8(12)7-9(13)11(4,5)6;11-10-7-6-9(12-13-10)8-4-2-1-3-5-8;3*1-4(6)3-5(2)7;;;;/h2-11,13-15H,1H3;1-10,12-13H;1-8H;7,12H,1-6H3;1-4,6-7H;3*3,6H,1-2H3;;;;/q3*-1;;-1;;;;;;;. The molecule has 4 N–H and O–H groups in total. The summed E-state index contributed by atoms with van der Waals surface area (Å²) in [5.74, 6) is -1.41. The molecule has 0 atom stereocenters. The van der Waals surface area contributed by atoms with Crippen LogP contribution in [0.2, 0.25) is 5.15 Å². The summed E-state index contributed by atoms with van der Waals surface area (Å²) in [4.78, 5) is 56.4. The van der Waals surface area contributed by atoms with Gasteiger partial charge in [-0.05, 0) is 109 Å². The van der Waals surface area contributed by atoms with Crippen LogP contribution in [-0.2, 0) is 99.6 Å². The molecule has 13 nitrogen and oxygen atoms in total. The molecule has 4 radical (unpaired) electrons. The van der Waals surface area contributed by atoms with Crippen molar-refractivity contribution in [1.29, 1.82) is 0 Å². The number of rotatable bonds is 10. The van der Waals surface area contributed by atoms with Crippen LogP contribution in [0.25, 0.3) is 98.5 Å². The van der Waals surface area contributed by atoms with Crippen LogP contribution in [-0.4, -0.2) is 68.7 Å². The molecule has 0 saturated carbocycles. The van der Waals surface area contributed by atoms with Gasteiger partial charge in [0.2, 0.25) is 0 Å². The van der Waals surface area contributed by atoms with Crippen molar-refractivity contribution in [2.45, 2.75) is 90.0 Å². The van der Waals surface area contributed by atoms with Crippen LogP contribution in [0.5, 0.6) is 0 Å². The second-order valence-corrected chi connectivity index (χ2v) is 28.0. The number of carbonyl (C=O) groups excluding carboxylic acids is 4. The number of hydrogen-bond donors (Lipinski definition) is 4. The van der Waals surface area contributed by atoms with Gasteiger partial charge >= 0.3 is 0 Å². The van der Waals surface area contributed by atoms with Crippen LogP contribution < -0.4 is 0 Å². The first kappa shape index (κ1) is 99.4. The van der Waals surface area contributed by atoms with E-state index in [9.17, 15) is 33.1 Å². The Morgan fingerprint density at radius 1 is 0.469 bits per heavy atom. The van der Waals surface area contributed by atoms with Gasteiger partial charge in [0.25, 0.3) is 0 Å². The Morgan fingerprint density at radius 2 is 0.947 bits per heavy atom. The molecule has 0 aliphatic rings. The Balaban J connectivity index is 0.000000454. The number of halogens is 3. The zero-order valence-corrected chi connectivity index (χ0v) is 75.5. The number of aliphatic hydroxyl groups is 4. The third-order valence-corrected chi connectivity index (χ3v) is 16.2. The quantitative estimate of drug-likeness (QED) is 0.0570. The molecule has 13 rings (SSSR count). The van der Waals surface area contributed by atoms with Gasteiger partial charge in [-0.1, -0.05) is 211 Å². The minimum absolute atomic E-state index is 0. The van der Waals surface area contributed by atoms with Crippen LogP contribution >= 0.6 is 22.9 Å². The molecule has 21 heteroatoms. The zero-order valence-electron chi connectivity index (χ0n) is 64.4. The minimum atomic E-state index is -0.670. The van der Waals surface area contributed by atoms with Gasteiger partial charge in [0.15, 0.2) is 23.1 Å². The van der Waals surface area contributed by atoms with E-state index in [4.69, 9.17) is 31.9 Å². The van der Waals surface area contributed by atoms with E-state index in [1.54, 1.807) is 17.4 Å². The van der Waals surface area contributed by atoms with Crippen LogP contribution in [0.3, 0.4) is 0 Å². The van der Waals surface area contributed by atoms with Gasteiger partial charge in [-0.15, -0.1) is 112 Å². The molecule has 594 valence electrons. The smallest absolute Gasteiger partial charge is 0.164 e. The van der Waals surface area contributed by atoms with E-state index >= 15 is 0 Å². The Labute approximate surface area is 723 Å². The molecule has 113 heavy (non-hydrogen) atoms. The van der Waals surface area contributed by atoms with Crippen molar-refractivity contribution in [2.75, 3.05) is 0 Å². The van der Waals surface area contributed by atoms with Gasteiger partial charge < -0.3 is 25.4 Å². The van der Waals surface area contributed by atoms with Crippen LogP contribution in [0, 0.1) is 53.7 Å². The second kappa shape index (κ2) is 49.8. The molecule has 0 amide bonds. The third-order valence-electron chi connectivity index (χ3n) is 14.9. The number of carbonyl (C=O) groups is 4. The van der Waals surface area contributed by atoms with E-state index in [-0.39, 0.29) is 138 Å². The van der Waals surface area contributed by atoms with E-state index in [1.165, 1.54) is 98.0 Å². The average molecular weight is 2260 g/mol. The number of aryl methyl sites for hydroxylation is 1. The first-order valence-electron chi connectivity index (χ1n) is 34.4. The topological polar surface area (TPSA) is 214 Å². The summed E-state index contributed by atoms with van der Waals surface area (Å²) in [6, 6.07) is 86.2. The number of fused-ring (bicyclic) bond motifs is 3. The van der Waals surface area contributed by atoms with Gasteiger partial charge in [0.1, 0.15) is 10.9 Å². The number of hydrogen-bond acceptors (Lipinski definition) is 14. The third kappa shape index (κ3) is 34.3. The number of nitrogens with zero attached hydrogens (tertiary/aromatic N) is 5. The maximum atomic E-state index is 14.2. The number of allylic oxidation sites excluding steroid dienone is 8. The molecule has 5 heterocycles. The predicted molar refractivity (Wildman–Crippen MR) is 439 cm³/mol. The molecule has 0 fully saturated rings. The summed E-state index contributed by atoms with van der Waals surface area (Å²) in [6.07, 6.45) is 6.65. The number of ketones is 4. The maximum absolute atomic E-state index is 14.2. The van der Waals surface area contributed by atoms with E-state index in [0.29, 0.717) is 10.8 Å². The van der Waals surface area contributed by atoms with Crippen LogP contribution in [0.1, 0.15) is 88.6 Å². The van der Waals surface area contributed by atoms with E-state index < -0.39 is 17.0 Å². The Hall–Kier alpha value is -9.64. The molecular formula is C92H86ClF2Ir4N5O8S-4. The monoisotopic (exact) mass is 2270 g/mol. The molecule has 0 aliphatic heterocycles. The number of aromatic nitrogens is 5. The molecule has 0 saturated heterocycles. The molecule has 5 aromatic heterocycles. The van der Waals surface area contributed by atoms with Crippen molar-refractivity contribution >= 4 is 78.0 Å². The summed E-state index contributed by atoms with van der Waals surface area (Å²) in [7, 11) is 0. The van der Waals surface area contributed by atoms with Crippen molar-refractivity contribution in [1.82, 2.24) is 25.1 Å². The summed E-state index contributed by atoms with van der Waals surface area (Å²) in [5, 5.41) is 46.1. The van der Waals surface area contributed by atoms with Crippen molar-refractivity contribution < 1.29 is 129 Å². The van der Waals surface area contributed by atoms with Gasteiger partial charge in [0.05, 0.1) is 28.3 Å². The molecule has 0 spiro atoms. The minimum Gasteiger partial charge on any atom is -0.512 e. The summed E-state index contributed by atoms with van der Waals surface area (Å²) < 4.78 is 28.6. The number of benzene rings is 8. The van der Waals surface area contributed by atoms with Crippen LogP contribution in [0.4, 0.5) is 8.78 Å². The van der Waals surface area contributed by atoms with E-state index in [1.807, 2.05) is 187 Å². The molecular weight excluding hydrogens is 2180 g/mol. The Bertz CT molecular complexity index is 5200. The van der Waals surface area contributed by atoms with Crippen molar-refractivity contribution in [3.63, 3.8) is 0 Å². The van der Waals surface area contributed by atoms with Crippen LogP contribution in [0.15, 0.2) is 284 Å². The number of para-hydroxylation sites is 2. The fourth-order valence-electron chi connectivity index (χ4n) is 9.74. The number of pyridine rings is 3. The molecule has 8 aromatic carbocycles. The Morgan fingerprint density at radius 3 is 1.37 bits per heavy atom. The van der Waals surface area contributed by atoms with Crippen molar-refractivity contribution in [3.05, 3.63) is 331 Å². The van der Waals surface area contributed by atoms with Gasteiger partial charge in [-0.3, -0.25) is 37.9 Å². The van der Waals surface area contributed by atoms with E-state index in [2.05, 4.69) is 124 Å². The number of aliphatic hydroxyl groups excluding tert-OH is 4. The van der Waals surface area contributed by atoms with Gasteiger partial charge in [0, 0.05) is 156 Å². The second-order valence-electron chi connectivity index (χ2n) is 26.5. The predicted octanol–water partition coefficient (Wildman–Crippen LogP) is 23.9. The summed E-state index contributed by atoms with van der Waals surface area (Å²) in [5.41, 5.74) is 11.9. The first-order valence-corrected chi connectivity index (χ1v) is 35.6. The van der Waals surface area contributed by atoms with Crippen molar-refractivity contribution in [2.24, 2.45) is 10.8 Å². The fraction of sp³-hybridized carbons (Fsp3) is 0.163. The largest absolute Gasteiger partial charge is 0.512 e. The molecule has 13 aromatic rings. The molecule has 0 unspecified atom stereocenters. The fourth-order valence-corrected chi connectivity index (χ4v) is 10.8. The molecule has 0 aliphatic carbocycles. The van der Waals surface area contributed by atoms with Crippen molar-refractivity contribution in [3.8, 4) is 66.6 Å². The first-order chi connectivity index (χ1) is 51.8. The average Bonchev–Trinajstić information content (AvgIpc) is 1.47. The SMILES string of the molecule is CC(=O)C=C(C)O.CC(=O)C=C(C)O.CC(=O)C=C(C)O.CC(C)(C)C(=O)C=C(O)C(C)(C)C.Cc1ccc[c-]c1-c1cc(-c2ccccc2)c2ccccc2n1.Clc1ccc(-c2[c-]cccc2)nn1.Fc1c[c-]c(-c2cc(-c3ccccc3)c3ccccc3n2)c(F)c1.[Ir].[Ir].[Ir].[Ir].[c-]1c(-c2ccccn2)sc2ccccc12. The van der Waals surface area contributed by atoms with E-state index in [0.717, 1.165) is 72.8 Å².